The van der Waals surface area contributed by atoms with Crippen LogP contribution in [0.4, 0.5) is 0 Å². The maximum Gasteiger partial charge on any atom is 0.0535 e. The molecule has 0 spiro atoms. The molecule has 0 fully saturated rings. The van der Waals surface area contributed by atoms with Crippen molar-refractivity contribution in [1.82, 2.24) is 5.32 Å². The van der Waals surface area contributed by atoms with E-state index in [9.17, 15) is 0 Å². The average molecular weight is 140 g/mol. The molecule has 0 aromatic rings. The first-order chi connectivity index (χ1) is 6.26. The Balaban J connectivity index is 4.13. The molecule has 0 heterocycles. The highest BCUT2D eigenvalue weighted by Crippen LogP contribution is 1.92. The first-order valence-corrected chi connectivity index (χ1v) is 3.13. The van der Waals surface area contributed by atoms with Crippen molar-refractivity contribution in [2.75, 3.05) is 6.54 Å². The molecule has 0 aromatic heterocycles. The van der Waals surface area contributed by atoms with Gasteiger partial charge in [-0.15, -0.1) is 19.7 Å². The van der Waals surface area contributed by atoms with Gasteiger partial charge >= 0.3 is 0 Å². The summed E-state index contributed by atoms with van der Waals surface area (Å²) >= 11 is 0. The van der Waals surface area contributed by atoms with Crippen LogP contribution in [0.1, 0.15) is 10.5 Å². The van der Waals surface area contributed by atoms with Crippen molar-refractivity contribution in [2.24, 2.45) is 0 Å². The van der Waals surface area contributed by atoms with Crippen LogP contribution in [0.25, 0.3) is 0 Å². The second-order valence-corrected chi connectivity index (χ2v) is 1.80. The smallest absolute Gasteiger partial charge is 0.0535 e. The quantitative estimate of drug-likeness (QED) is 0.556. The molecule has 1 heteroatoms. The second kappa shape index (κ2) is 6.30. The van der Waals surface area contributed by atoms with Gasteiger partial charge in [0.25, 0.3) is 0 Å². The molecule has 10 heavy (non-hydrogen) atoms. The van der Waals surface area contributed by atoms with Crippen molar-refractivity contribution >= 4 is 0 Å². The minimum absolute atomic E-state index is 0.225. The summed E-state index contributed by atoms with van der Waals surface area (Å²) in [7, 11) is 0. The Morgan fingerprint density at radius 2 is 2.50 bits per heavy atom. The van der Waals surface area contributed by atoms with E-state index in [1.165, 1.54) is 6.08 Å². The number of hydrogen-bond donors (Lipinski definition) is 1. The van der Waals surface area contributed by atoms with Gasteiger partial charge < -0.3 is 5.32 Å². The van der Waals surface area contributed by atoms with Gasteiger partial charge in [0, 0.05) is 14.0 Å². The molecule has 0 bridgehead atoms. The summed E-state index contributed by atoms with van der Waals surface area (Å²) < 4.78 is 21.3. The highest BCUT2D eigenvalue weighted by atomic mass is 14.9. The minimum Gasteiger partial charge on any atom is -0.307 e. The zero-order chi connectivity index (χ0) is 10.1. The first kappa shape index (κ1) is 4.91. The minimum atomic E-state index is -0.529. The summed E-state index contributed by atoms with van der Waals surface area (Å²) in [5.74, 6) is 0. The van der Waals surface area contributed by atoms with Crippen molar-refractivity contribution in [3.05, 3.63) is 37.9 Å². The normalized spacial score (nSPS) is 21.8. The van der Waals surface area contributed by atoms with Crippen LogP contribution in [0, 0.1) is 0 Å². The molecule has 56 valence electrons. The summed E-state index contributed by atoms with van der Waals surface area (Å²) in [6.45, 7) is 6.39. The van der Waals surface area contributed by atoms with Crippen LogP contribution in [-0.2, 0) is 0 Å². The van der Waals surface area contributed by atoms with Crippen LogP contribution in [0.5, 0.6) is 0 Å². The van der Waals surface area contributed by atoms with Crippen LogP contribution in [0.3, 0.4) is 0 Å². The van der Waals surface area contributed by atoms with Crippen molar-refractivity contribution in [3.8, 4) is 0 Å². The van der Waals surface area contributed by atoms with E-state index < -0.39 is 6.40 Å². The molecule has 0 radical (unpaired) electrons. The fourth-order valence-corrected chi connectivity index (χ4v) is 0.539. The van der Waals surface area contributed by atoms with E-state index >= 15 is 0 Å². The van der Waals surface area contributed by atoms with Gasteiger partial charge in [-0.25, -0.2) is 0 Å². The van der Waals surface area contributed by atoms with Crippen molar-refractivity contribution in [2.45, 2.75) is 12.4 Å². The van der Waals surface area contributed by atoms with Gasteiger partial charge in [0.05, 0.1) is 2.74 Å². The van der Waals surface area contributed by atoms with Gasteiger partial charge in [-0.05, 0) is 6.40 Å². The zero-order valence-corrected chi connectivity index (χ0v) is 5.96. The van der Waals surface area contributed by atoms with E-state index in [-0.39, 0.29) is 6.04 Å². The van der Waals surface area contributed by atoms with Gasteiger partial charge in [-0.1, -0.05) is 18.2 Å². The fourth-order valence-electron chi connectivity index (χ4n) is 0.539. The van der Waals surface area contributed by atoms with Crippen molar-refractivity contribution < 1.29 is 4.11 Å². The van der Waals surface area contributed by atoms with Gasteiger partial charge in [0.2, 0.25) is 0 Å². The molecule has 1 nitrogen and oxygen atoms in total. The van der Waals surface area contributed by atoms with E-state index in [0.29, 0.717) is 6.54 Å². The molecule has 0 aromatic carbocycles. The van der Waals surface area contributed by atoms with Gasteiger partial charge in [0.1, 0.15) is 0 Å². The number of nitrogens with one attached hydrogen (secondary N) is 1. The van der Waals surface area contributed by atoms with Crippen LogP contribution in [0.2, 0.25) is 0 Å². The van der Waals surface area contributed by atoms with Gasteiger partial charge in [0.15, 0.2) is 0 Å². The molecule has 1 N–H and O–H groups in total. The van der Waals surface area contributed by atoms with E-state index in [1.54, 1.807) is 12.2 Å². The highest BCUT2D eigenvalue weighted by molar-refractivity contribution is 4.92. The third-order valence-corrected chi connectivity index (χ3v) is 1.02. The lowest BCUT2D eigenvalue weighted by Gasteiger charge is -2.09. The Labute approximate surface area is 67.4 Å². The Kier molecular flexibility index (Phi) is 3.10. The average Bonchev–Trinajstić information content (AvgIpc) is 2.12. The molecule has 0 saturated heterocycles. The standard InChI is InChI=1S/C9H15N/c1-4-7-9(6-3)10-8-5-2/h4-6,9-10H,1-3,7-8H2/i1D,3D,7D. The molecule has 0 amide bonds. The largest absolute Gasteiger partial charge is 0.307 e. The fraction of sp³-hybridized carbons (Fsp3) is 0.333. The first-order valence-electron chi connectivity index (χ1n) is 4.86. The topological polar surface area (TPSA) is 12.0 Å². The molecule has 0 rings (SSSR count). The van der Waals surface area contributed by atoms with Crippen LogP contribution >= 0.6 is 0 Å². The lowest BCUT2D eigenvalue weighted by atomic mass is 10.2. The van der Waals surface area contributed by atoms with Gasteiger partial charge in [-0.2, -0.15) is 0 Å². The molecular formula is C9H15N. The SMILES string of the molecule is [2H]C=CC([2H])C(C=C[2H])NCC=C. The monoisotopic (exact) mass is 140 g/mol. The van der Waals surface area contributed by atoms with Crippen molar-refractivity contribution in [1.29, 1.82) is 0 Å². The Hall–Kier alpha value is -0.820. The maximum absolute atomic E-state index is 7.57. The third kappa shape index (κ3) is 4.10. The highest BCUT2D eigenvalue weighted by Gasteiger charge is 1.96. The third-order valence-electron chi connectivity index (χ3n) is 1.02. The van der Waals surface area contributed by atoms with Crippen LogP contribution in [-0.4, -0.2) is 12.6 Å². The summed E-state index contributed by atoms with van der Waals surface area (Å²) in [6.07, 6.45) is 4.21. The molecular weight excluding hydrogens is 122 g/mol. The summed E-state index contributed by atoms with van der Waals surface area (Å²) in [5.41, 5.74) is 0. The van der Waals surface area contributed by atoms with Crippen molar-refractivity contribution in [3.63, 3.8) is 0 Å². The van der Waals surface area contributed by atoms with E-state index in [4.69, 9.17) is 4.11 Å². The Morgan fingerprint density at radius 1 is 1.60 bits per heavy atom. The van der Waals surface area contributed by atoms with E-state index in [1.807, 2.05) is 0 Å². The second-order valence-electron chi connectivity index (χ2n) is 1.80. The molecule has 2 atom stereocenters. The predicted octanol–water partition coefficient (Wildman–Crippen LogP) is 1.89. The summed E-state index contributed by atoms with van der Waals surface area (Å²) in [4.78, 5) is 0. The maximum atomic E-state index is 7.57. The number of rotatable bonds is 6. The molecule has 0 aliphatic heterocycles. The molecule has 0 aliphatic carbocycles. The Bertz CT molecular complexity index is 189. The summed E-state index contributed by atoms with van der Waals surface area (Å²) in [6, 6.07) is -0.225. The van der Waals surface area contributed by atoms with Crippen LogP contribution in [0.15, 0.2) is 37.9 Å². The lowest BCUT2D eigenvalue weighted by Crippen LogP contribution is -2.26. The number of hydrogen-bond acceptors (Lipinski definition) is 1. The van der Waals surface area contributed by atoms with Crippen LogP contribution < -0.4 is 5.32 Å². The molecule has 0 saturated carbocycles. The zero-order valence-electron chi connectivity index (χ0n) is 8.96. The van der Waals surface area contributed by atoms with E-state index in [0.717, 1.165) is 13.1 Å². The molecule has 0 aliphatic rings. The summed E-state index contributed by atoms with van der Waals surface area (Å²) in [5, 5.41) is 3.01. The Morgan fingerprint density at radius 3 is 3.10 bits per heavy atom. The molecule has 2 unspecified atom stereocenters. The van der Waals surface area contributed by atoms with E-state index in [2.05, 4.69) is 11.9 Å². The van der Waals surface area contributed by atoms with Gasteiger partial charge in [-0.3, -0.25) is 0 Å². The lowest BCUT2D eigenvalue weighted by molar-refractivity contribution is 0.643. The predicted molar refractivity (Wildman–Crippen MR) is 47.0 cm³/mol.